The van der Waals surface area contributed by atoms with Crippen LogP contribution in [0.4, 0.5) is 9.18 Å². The molecule has 2 N–H and O–H groups in total. The van der Waals surface area contributed by atoms with Crippen molar-refractivity contribution in [3.63, 3.8) is 0 Å². The maximum atomic E-state index is 13.8. The number of sulfonamides is 1. The number of benzene rings is 1. The topological polar surface area (TPSA) is 105 Å². The number of hydrogen-bond acceptors (Lipinski definition) is 5. The molecule has 0 aliphatic carbocycles. The molecule has 1 aromatic rings. The molecular weight excluding hydrogens is 425 g/mol. The Hall–Kier alpha value is -2.46. The number of imide groups is 1. The molecular formula is C21H30FN3O5S. The molecule has 1 saturated heterocycles. The van der Waals surface area contributed by atoms with Gasteiger partial charge in [0, 0.05) is 13.1 Å². The summed E-state index contributed by atoms with van der Waals surface area (Å²) in [6.45, 7) is 6.39. The molecule has 172 valence electrons. The molecule has 31 heavy (non-hydrogen) atoms. The fourth-order valence-corrected chi connectivity index (χ4v) is 3.87. The summed E-state index contributed by atoms with van der Waals surface area (Å²) < 4.78 is 46.1. The second-order valence-corrected chi connectivity index (χ2v) is 9.74. The number of ether oxygens (including phenoxy) is 1. The van der Waals surface area contributed by atoms with E-state index in [1.807, 2.05) is 13.8 Å². The fourth-order valence-electron chi connectivity index (χ4n) is 2.86. The third-order valence-electron chi connectivity index (χ3n) is 4.66. The van der Waals surface area contributed by atoms with Crippen molar-refractivity contribution >= 4 is 22.0 Å². The SMILES string of the molecule is CC(C)COc1cc(CCNS(=O)(=O)CC/C=C/CN2C(=O)NC(=O)[C@H]2C)ccc1F. The first kappa shape index (κ1) is 24.8. The van der Waals surface area contributed by atoms with Gasteiger partial charge in [0.2, 0.25) is 10.0 Å². The van der Waals surface area contributed by atoms with Crippen LogP contribution in [-0.4, -0.2) is 56.7 Å². The van der Waals surface area contributed by atoms with Gasteiger partial charge in [-0.2, -0.15) is 0 Å². The van der Waals surface area contributed by atoms with Gasteiger partial charge in [0.25, 0.3) is 5.91 Å². The molecule has 1 aliphatic rings. The van der Waals surface area contributed by atoms with Crippen LogP contribution in [0.2, 0.25) is 0 Å². The molecule has 0 saturated carbocycles. The second kappa shape index (κ2) is 11.2. The van der Waals surface area contributed by atoms with Crippen molar-refractivity contribution in [3.05, 3.63) is 41.7 Å². The molecule has 0 bridgehead atoms. The molecule has 1 fully saturated rings. The smallest absolute Gasteiger partial charge is 0.325 e. The van der Waals surface area contributed by atoms with E-state index < -0.39 is 27.9 Å². The van der Waals surface area contributed by atoms with Gasteiger partial charge in [0.15, 0.2) is 11.6 Å². The summed E-state index contributed by atoms with van der Waals surface area (Å²) >= 11 is 0. The van der Waals surface area contributed by atoms with Gasteiger partial charge >= 0.3 is 6.03 Å². The van der Waals surface area contributed by atoms with Gasteiger partial charge in [-0.15, -0.1) is 0 Å². The fraction of sp³-hybridized carbons (Fsp3) is 0.524. The zero-order chi connectivity index (χ0) is 23.0. The van der Waals surface area contributed by atoms with E-state index in [0.717, 1.165) is 5.56 Å². The largest absolute Gasteiger partial charge is 0.490 e. The lowest BCUT2D eigenvalue weighted by atomic mass is 10.1. The Morgan fingerprint density at radius 3 is 2.68 bits per heavy atom. The van der Waals surface area contributed by atoms with E-state index in [-0.39, 0.29) is 42.8 Å². The van der Waals surface area contributed by atoms with Gasteiger partial charge in [0.05, 0.1) is 12.4 Å². The highest BCUT2D eigenvalue weighted by Gasteiger charge is 2.33. The highest BCUT2D eigenvalue weighted by atomic mass is 32.2. The highest BCUT2D eigenvalue weighted by Crippen LogP contribution is 2.20. The summed E-state index contributed by atoms with van der Waals surface area (Å²) in [6, 6.07) is 3.53. The maximum Gasteiger partial charge on any atom is 0.325 e. The molecule has 1 aromatic carbocycles. The predicted molar refractivity (Wildman–Crippen MR) is 116 cm³/mol. The van der Waals surface area contributed by atoms with Gasteiger partial charge in [-0.1, -0.05) is 32.1 Å². The summed E-state index contributed by atoms with van der Waals surface area (Å²) in [5.41, 5.74) is 0.773. The van der Waals surface area contributed by atoms with Gasteiger partial charge in [0.1, 0.15) is 6.04 Å². The molecule has 3 amide bonds. The van der Waals surface area contributed by atoms with E-state index in [1.54, 1.807) is 31.2 Å². The summed E-state index contributed by atoms with van der Waals surface area (Å²) in [7, 11) is -3.47. The van der Waals surface area contributed by atoms with Gasteiger partial charge in [-0.3, -0.25) is 10.1 Å². The number of amides is 3. The summed E-state index contributed by atoms with van der Waals surface area (Å²) in [5, 5.41) is 2.22. The van der Waals surface area contributed by atoms with Crippen LogP contribution in [0.15, 0.2) is 30.4 Å². The molecule has 1 atom stereocenters. The standard InChI is InChI=1S/C21H30FN3O5S/c1-15(2)14-30-19-13-17(7-8-18(19)22)9-10-23-31(28,29)12-6-4-5-11-25-16(3)20(26)24-21(25)27/h4-5,7-8,13,15-16,23H,6,9-12,14H2,1-3H3,(H,24,26,27)/b5-4+/t16-/m1/s1. The van der Waals surface area contributed by atoms with Crippen molar-refractivity contribution in [1.29, 1.82) is 0 Å². The molecule has 0 spiro atoms. The Balaban J connectivity index is 1.74. The van der Waals surface area contributed by atoms with Crippen molar-refractivity contribution in [2.75, 3.05) is 25.4 Å². The van der Waals surface area contributed by atoms with E-state index in [1.165, 1.54) is 11.0 Å². The minimum atomic E-state index is -3.47. The minimum absolute atomic E-state index is 0.101. The summed E-state index contributed by atoms with van der Waals surface area (Å²) in [4.78, 5) is 24.4. The first-order valence-electron chi connectivity index (χ1n) is 10.2. The van der Waals surface area contributed by atoms with Crippen molar-refractivity contribution in [2.45, 2.75) is 39.7 Å². The number of hydrogen-bond donors (Lipinski definition) is 2. The number of urea groups is 1. The van der Waals surface area contributed by atoms with Crippen LogP contribution in [0.25, 0.3) is 0 Å². The molecule has 1 aliphatic heterocycles. The van der Waals surface area contributed by atoms with Crippen LogP contribution < -0.4 is 14.8 Å². The van der Waals surface area contributed by atoms with Gasteiger partial charge in [-0.25, -0.2) is 22.3 Å². The lowest BCUT2D eigenvalue weighted by molar-refractivity contribution is -0.120. The number of nitrogens with zero attached hydrogens (tertiary/aromatic N) is 1. The predicted octanol–water partition coefficient (Wildman–Crippen LogP) is 2.21. The molecule has 0 unspecified atom stereocenters. The van der Waals surface area contributed by atoms with Crippen molar-refractivity contribution in [3.8, 4) is 5.75 Å². The molecule has 0 radical (unpaired) electrons. The number of rotatable bonds is 12. The summed E-state index contributed by atoms with van der Waals surface area (Å²) in [6.07, 6.45) is 4.02. The van der Waals surface area contributed by atoms with Gasteiger partial charge < -0.3 is 9.64 Å². The third kappa shape index (κ3) is 7.95. The van der Waals surface area contributed by atoms with Crippen LogP contribution in [0.5, 0.6) is 5.75 Å². The van der Waals surface area contributed by atoms with Gasteiger partial charge in [-0.05, 0) is 43.4 Å². The van der Waals surface area contributed by atoms with Crippen LogP contribution >= 0.6 is 0 Å². The lowest BCUT2D eigenvalue weighted by Crippen LogP contribution is -2.32. The van der Waals surface area contributed by atoms with Crippen molar-refractivity contribution in [2.24, 2.45) is 5.92 Å². The molecule has 2 rings (SSSR count). The Morgan fingerprint density at radius 1 is 1.29 bits per heavy atom. The monoisotopic (exact) mass is 455 g/mol. The Labute approximate surface area is 182 Å². The number of nitrogens with one attached hydrogen (secondary N) is 2. The van der Waals surface area contributed by atoms with E-state index in [9.17, 15) is 22.4 Å². The lowest BCUT2D eigenvalue weighted by Gasteiger charge is -2.15. The van der Waals surface area contributed by atoms with Crippen molar-refractivity contribution < 1.29 is 27.1 Å². The normalized spacial score (nSPS) is 17.1. The summed E-state index contributed by atoms with van der Waals surface area (Å²) in [5.74, 6) is -0.452. The Kier molecular flexibility index (Phi) is 9.00. The molecule has 1 heterocycles. The van der Waals surface area contributed by atoms with Crippen LogP contribution in [0.3, 0.4) is 0 Å². The Bertz CT molecular complexity index is 918. The first-order chi connectivity index (χ1) is 14.6. The molecule has 0 aromatic heterocycles. The number of halogens is 1. The van der Waals surface area contributed by atoms with E-state index >= 15 is 0 Å². The molecule has 8 nitrogen and oxygen atoms in total. The second-order valence-electron chi connectivity index (χ2n) is 7.82. The van der Waals surface area contributed by atoms with E-state index in [4.69, 9.17) is 4.74 Å². The average Bonchev–Trinajstić information content (AvgIpc) is 2.93. The quantitative estimate of drug-likeness (QED) is 0.371. The highest BCUT2D eigenvalue weighted by molar-refractivity contribution is 7.89. The average molecular weight is 456 g/mol. The molecule has 10 heteroatoms. The Morgan fingerprint density at radius 2 is 2.03 bits per heavy atom. The minimum Gasteiger partial charge on any atom is -0.490 e. The third-order valence-corrected chi connectivity index (χ3v) is 6.08. The van der Waals surface area contributed by atoms with E-state index in [0.29, 0.717) is 13.0 Å². The van der Waals surface area contributed by atoms with E-state index in [2.05, 4.69) is 10.0 Å². The maximum absolute atomic E-state index is 13.8. The number of allylic oxidation sites excluding steroid dienone is 1. The van der Waals surface area contributed by atoms with Crippen LogP contribution in [0, 0.1) is 11.7 Å². The zero-order valence-electron chi connectivity index (χ0n) is 18.1. The zero-order valence-corrected chi connectivity index (χ0v) is 18.9. The van der Waals surface area contributed by atoms with Crippen LogP contribution in [0.1, 0.15) is 32.8 Å². The van der Waals surface area contributed by atoms with Crippen molar-refractivity contribution in [1.82, 2.24) is 14.9 Å². The number of carbonyl (C=O) groups is 2. The van der Waals surface area contributed by atoms with Crippen LogP contribution in [-0.2, 0) is 21.2 Å². The first-order valence-corrected chi connectivity index (χ1v) is 11.9. The number of carbonyl (C=O) groups excluding carboxylic acids is 2.